The number of benzene rings is 1. The molecule has 128 valence electrons. The van der Waals surface area contributed by atoms with E-state index in [4.69, 9.17) is 27.9 Å². The van der Waals surface area contributed by atoms with Gasteiger partial charge >= 0.3 is 0 Å². The highest BCUT2D eigenvalue weighted by atomic mass is 35.5. The first-order chi connectivity index (χ1) is 11.6. The summed E-state index contributed by atoms with van der Waals surface area (Å²) in [5.74, 6) is -0.136. The summed E-state index contributed by atoms with van der Waals surface area (Å²) in [5, 5.41) is 5.94. The third-order valence-electron chi connectivity index (χ3n) is 4.16. The van der Waals surface area contributed by atoms with E-state index in [1.165, 1.54) is 9.78 Å². The second-order valence-electron chi connectivity index (χ2n) is 5.68. The molecule has 7 heteroatoms. The Bertz CT molecular complexity index is 688. The number of morpholine rings is 1. The molecule has 0 saturated carbocycles. The standard InChI is InChI=1S/C17H18Cl2N2O2S/c18-13-4-3-12(10-14(13)19)17(22)20-11-15(16-2-1-9-24-16)21-5-7-23-8-6-21/h1-4,9-10,15H,5-8,11H2,(H,20,22)/p+1/t15-/m0/s1. The van der Waals surface area contributed by atoms with Crippen LogP contribution in [0.1, 0.15) is 21.3 Å². The van der Waals surface area contributed by atoms with E-state index in [1.54, 1.807) is 29.5 Å². The first kappa shape index (κ1) is 17.7. The van der Waals surface area contributed by atoms with Crippen molar-refractivity contribution in [2.45, 2.75) is 6.04 Å². The summed E-state index contributed by atoms with van der Waals surface area (Å²) in [7, 11) is 0. The number of hydrogen-bond donors (Lipinski definition) is 2. The third-order valence-corrected chi connectivity index (χ3v) is 5.89. The largest absolute Gasteiger partial charge is 0.370 e. The van der Waals surface area contributed by atoms with Crippen LogP contribution < -0.4 is 10.2 Å². The lowest BCUT2D eigenvalue weighted by atomic mass is 10.1. The summed E-state index contributed by atoms with van der Waals surface area (Å²) < 4.78 is 5.45. The lowest BCUT2D eigenvalue weighted by molar-refractivity contribution is -0.937. The fourth-order valence-electron chi connectivity index (χ4n) is 2.85. The summed E-state index contributed by atoms with van der Waals surface area (Å²) in [6.07, 6.45) is 0. The maximum Gasteiger partial charge on any atom is 0.251 e. The van der Waals surface area contributed by atoms with Crippen LogP contribution >= 0.6 is 34.5 Å². The predicted molar refractivity (Wildman–Crippen MR) is 97.4 cm³/mol. The summed E-state index contributed by atoms with van der Waals surface area (Å²) in [6.45, 7) is 4.00. The van der Waals surface area contributed by atoms with Crippen molar-refractivity contribution in [3.05, 3.63) is 56.2 Å². The van der Waals surface area contributed by atoms with Gasteiger partial charge in [0.25, 0.3) is 5.91 Å². The Morgan fingerprint density at radius 3 is 2.71 bits per heavy atom. The monoisotopic (exact) mass is 385 g/mol. The molecule has 2 N–H and O–H groups in total. The number of carbonyl (C=O) groups excluding carboxylic acids is 1. The molecule has 1 aliphatic heterocycles. The van der Waals surface area contributed by atoms with Crippen molar-refractivity contribution in [3.63, 3.8) is 0 Å². The van der Waals surface area contributed by atoms with Gasteiger partial charge in [0.2, 0.25) is 0 Å². The molecule has 1 aromatic heterocycles. The second-order valence-corrected chi connectivity index (χ2v) is 7.47. The van der Waals surface area contributed by atoms with Gasteiger partial charge in [0.15, 0.2) is 0 Å². The predicted octanol–water partition coefficient (Wildman–Crippen LogP) is 2.44. The van der Waals surface area contributed by atoms with Crippen molar-refractivity contribution >= 4 is 40.4 Å². The minimum atomic E-state index is -0.136. The van der Waals surface area contributed by atoms with E-state index in [2.05, 4.69) is 16.8 Å². The fraction of sp³-hybridized carbons (Fsp3) is 0.353. The molecule has 0 bridgehead atoms. The Hall–Kier alpha value is -1.11. The topological polar surface area (TPSA) is 42.8 Å². The average Bonchev–Trinajstić information content (AvgIpc) is 3.12. The number of ether oxygens (including phenoxy) is 1. The van der Waals surface area contributed by atoms with E-state index in [0.29, 0.717) is 22.2 Å². The number of halogens is 2. The molecule has 1 amide bonds. The molecular weight excluding hydrogens is 367 g/mol. The fourth-order valence-corrected chi connectivity index (χ4v) is 4.04. The normalized spacial score (nSPS) is 16.8. The van der Waals surface area contributed by atoms with Crippen molar-refractivity contribution in [2.24, 2.45) is 0 Å². The second kappa shape index (κ2) is 8.32. The Balaban J connectivity index is 1.68. The molecule has 1 saturated heterocycles. The Labute approximate surface area is 155 Å². The molecule has 1 atom stereocenters. The average molecular weight is 386 g/mol. The third kappa shape index (κ3) is 4.29. The molecule has 0 spiro atoms. The van der Waals surface area contributed by atoms with Crippen molar-refractivity contribution in [3.8, 4) is 0 Å². The molecule has 0 unspecified atom stereocenters. The SMILES string of the molecule is O=C(NC[C@@H](c1cccs1)[NH+]1CCOCC1)c1ccc(Cl)c(Cl)c1. The van der Waals surface area contributed by atoms with Gasteiger partial charge in [-0.1, -0.05) is 29.3 Å². The zero-order valence-corrected chi connectivity index (χ0v) is 15.4. The number of hydrogen-bond acceptors (Lipinski definition) is 3. The smallest absolute Gasteiger partial charge is 0.251 e. The first-order valence-corrected chi connectivity index (χ1v) is 9.47. The number of carbonyl (C=O) groups is 1. The van der Waals surface area contributed by atoms with Gasteiger partial charge in [0, 0.05) is 5.56 Å². The molecule has 1 aliphatic rings. The van der Waals surface area contributed by atoms with E-state index in [0.717, 1.165) is 26.3 Å². The molecule has 4 nitrogen and oxygen atoms in total. The maximum absolute atomic E-state index is 12.4. The van der Waals surface area contributed by atoms with Crippen LogP contribution in [-0.4, -0.2) is 38.8 Å². The number of amides is 1. The summed E-state index contributed by atoms with van der Waals surface area (Å²) in [4.78, 5) is 15.1. The summed E-state index contributed by atoms with van der Waals surface area (Å²) >= 11 is 13.6. The van der Waals surface area contributed by atoms with Crippen LogP contribution in [0.3, 0.4) is 0 Å². The van der Waals surface area contributed by atoms with E-state index >= 15 is 0 Å². The van der Waals surface area contributed by atoms with Crippen molar-refractivity contribution < 1.29 is 14.4 Å². The molecule has 3 rings (SSSR count). The van der Waals surface area contributed by atoms with Gasteiger partial charge in [-0.3, -0.25) is 4.79 Å². The van der Waals surface area contributed by atoms with Crippen LogP contribution in [0.25, 0.3) is 0 Å². The van der Waals surface area contributed by atoms with Gasteiger partial charge in [-0.25, -0.2) is 0 Å². The molecular formula is C17H19Cl2N2O2S+. The van der Waals surface area contributed by atoms with Gasteiger partial charge in [0.05, 0.1) is 34.7 Å². The highest BCUT2D eigenvalue weighted by molar-refractivity contribution is 7.10. The van der Waals surface area contributed by atoms with Gasteiger partial charge in [-0.05, 0) is 29.6 Å². The molecule has 0 aliphatic carbocycles. The molecule has 2 aromatic rings. The highest BCUT2D eigenvalue weighted by Gasteiger charge is 2.27. The Kier molecular flexibility index (Phi) is 6.14. The van der Waals surface area contributed by atoms with Crippen LogP contribution in [0, 0.1) is 0 Å². The minimum Gasteiger partial charge on any atom is -0.370 e. The first-order valence-electron chi connectivity index (χ1n) is 7.84. The summed E-state index contributed by atoms with van der Waals surface area (Å²) in [5.41, 5.74) is 0.520. The minimum absolute atomic E-state index is 0.136. The van der Waals surface area contributed by atoms with E-state index < -0.39 is 0 Å². The quantitative estimate of drug-likeness (QED) is 0.829. The van der Waals surface area contributed by atoms with E-state index in [1.807, 2.05) is 6.07 Å². The maximum atomic E-state index is 12.4. The zero-order chi connectivity index (χ0) is 16.9. The van der Waals surface area contributed by atoms with Gasteiger partial charge in [-0.15, -0.1) is 11.3 Å². The van der Waals surface area contributed by atoms with Gasteiger partial charge in [-0.2, -0.15) is 0 Å². The lowest BCUT2D eigenvalue weighted by Crippen LogP contribution is -3.15. The van der Waals surface area contributed by atoms with E-state index in [9.17, 15) is 4.79 Å². The van der Waals surface area contributed by atoms with Gasteiger partial charge in [0.1, 0.15) is 19.1 Å². The summed E-state index contributed by atoms with van der Waals surface area (Å²) in [6, 6.07) is 9.34. The number of nitrogens with one attached hydrogen (secondary N) is 2. The Morgan fingerprint density at radius 2 is 2.04 bits per heavy atom. The van der Waals surface area contributed by atoms with Crippen molar-refractivity contribution in [2.75, 3.05) is 32.8 Å². The van der Waals surface area contributed by atoms with E-state index in [-0.39, 0.29) is 11.9 Å². The molecule has 2 heterocycles. The number of thiophene rings is 1. The van der Waals surface area contributed by atoms with Crippen LogP contribution in [0.5, 0.6) is 0 Å². The molecule has 24 heavy (non-hydrogen) atoms. The zero-order valence-electron chi connectivity index (χ0n) is 13.1. The molecule has 1 fully saturated rings. The van der Waals surface area contributed by atoms with Crippen LogP contribution in [-0.2, 0) is 4.74 Å². The lowest BCUT2D eigenvalue weighted by Gasteiger charge is -2.31. The van der Waals surface area contributed by atoms with Crippen molar-refractivity contribution in [1.82, 2.24) is 5.32 Å². The number of rotatable bonds is 5. The number of quaternary nitrogens is 1. The van der Waals surface area contributed by atoms with Crippen molar-refractivity contribution in [1.29, 1.82) is 0 Å². The van der Waals surface area contributed by atoms with Crippen LogP contribution in [0.2, 0.25) is 10.0 Å². The molecule has 0 radical (unpaired) electrons. The van der Waals surface area contributed by atoms with Crippen LogP contribution in [0.4, 0.5) is 0 Å². The van der Waals surface area contributed by atoms with Crippen LogP contribution in [0.15, 0.2) is 35.7 Å². The highest BCUT2D eigenvalue weighted by Crippen LogP contribution is 2.22. The Morgan fingerprint density at radius 1 is 1.25 bits per heavy atom. The molecule has 1 aromatic carbocycles. The van der Waals surface area contributed by atoms with Gasteiger partial charge < -0.3 is 15.0 Å².